The predicted octanol–water partition coefficient (Wildman–Crippen LogP) is -4.12. The van der Waals surface area contributed by atoms with Gasteiger partial charge in [0.15, 0.2) is 12.6 Å². The summed E-state index contributed by atoms with van der Waals surface area (Å²) in [5, 5.41) is 56.4. The molecule has 19 heavy (non-hydrogen) atoms. The van der Waals surface area contributed by atoms with Crippen molar-refractivity contribution in [3.8, 4) is 0 Å². The highest BCUT2D eigenvalue weighted by molar-refractivity contribution is 4.88. The molecule has 2 heterocycles. The number of rotatable bonds is 3. The number of ether oxygens (including phenoxy) is 3. The first kappa shape index (κ1) is 15.0. The van der Waals surface area contributed by atoms with Gasteiger partial charge in [0.1, 0.15) is 36.6 Å². The van der Waals surface area contributed by atoms with E-state index in [0.29, 0.717) is 0 Å². The third-order valence-electron chi connectivity index (χ3n) is 3.22. The molecule has 0 unspecified atom stereocenters. The zero-order valence-electron chi connectivity index (χ0n) is 9.94. The molecule has 0 spiro atoms. The lowest BCUT2D eigenvalue weighted by molar-refractivity contribution is -0.321. The van der Waals surface area contributed by atoms with Crippen LogP contribution in [0.15, 0.2) is 0 Å². The number of hydrogen-bond acceptors (Lipinski definition) is 9. The third kappa shape index (κ3) is 2.89. The molecule has 0 saturated carbocycles. The van der Waals surface area contributed by atoms with Gasteiger partial charge in [0, 0.05) is 0 Å². The van der Waals surface area contributed by atoms with E-state index in [1.165, 1.54) is 0 Å². The maximum Gasteiger partial charge on any atom is 0.189 e. The minimum Gasteiger partial charge on any atom is -0.394 e. The standard InChI is InChI=1S/C10H18O9/c11-1-4-6(14)8(16)10(18-4)19-9-7(15)5(13)3(12)2-17-9/h3-16H,1-2H2/t3-,4-,5-,6-,7+,8+,9-,10-/m0/s1. The van der Waals surface area contributed by atoms with Gasteiger partial charge in [0.25, 0.3) is 0 Å². The average Bonchev–Trinajstić information content (AvgIpc) is 2.67. The second-order valence-electron chi connectivity index (χ2n) is 4.59. The second-order valence-corrected chi connectivity index (χ2v) is 4.59. The zero-order chi connectivity index (χ0) is 14.2. The molecule has 2 fully saturated rings. The van der Waals surface area contributed by atoms with E-state index in [-0.39, 0.29) is 6.61 Å². The fourth-order valence-corrected chi connectivity index (χ4v) is 2.01. The Hall–Kier alpha value is -0.360. The van der Waals surface area contributed by atoms with E-state index >= 15 is 0 Å². The van der Waals surface area contributed by atoms with E-state index in [2.05, 4.69) is 0 Å². The minimum absolute atomic E-state index is 0.252. The van der Waals surface area contributed by atoms with Gasteiger partial charge in [-0.15, -0.1) is 0 Å². The molecular weight excluding hydrogens is 264 g/mol. The van der Waals surface area contributed by atoms with Crippen molar-refractivity contribution in [1.29, 1.82) is 0 Å². The summed E-state index contributed by atoms with van der Waals surface area (Å²) >= 11 is 0. The molecule has 2 rings (SSSR count). The van der Waals surface area contributed by atoms with Crippen LogP contribution in [0.1, 0.15) is 0 Å². The first-order valence-corrected chi connectivity index (χ1v) is 5.89. The van der Waals surface area contributed by atoms with Crippen molar-refractivity contribution in [3.05, 3.63) is 0 Å². The van der Waals surface area contributed by atoms with Gasteiger partial charge in [-0.2, -0.15) is 0 Å². The highest BCUT2D eigenvalue weighted by Crippen LogP contribution is 2.26. The highest BCUT2D eigenvalue weighted by Gasteiger charge is 2.47. The summed E-state index contributed by atoms with van der Waals surface area (Å²) in [5.74, 6) is 0. The average molecular weight is 282 g/mol. The van der Waals surface area contributed by atoms with E-state index in [1.807, 2.05) is 0 Å². The van der Waals surface area contributed by atoms with Gasteiger partial charge in [-0.3, -0.25) is 0 Å². The largest absolute Gasteiger partial charge is 0.394 e. The molecule has 0 bridgehead atoms. The molecule has 6 N–H and O–H groups in total. The van der Waals surface area contributed by atoms with E-state index in [4.69, 9.17) is 19.3 Å². The van der Waals surface area contributed by atoms with Crippen molar-refractivity contribution in [2.75, 3.05) is 13.2 Å². The fourth-order valence-electron chi connectivity index (χ4n) is 2.01. The van der Waals surface area contributed by atoms with Crippen molar-refractivity contribution in [2.24, 2.45) is 0 Å². The van der Waals surface area contributed by atoms with Crippen LogP contribution in [-0.2, 0) is 14.2 Å². The minimum atomic E-state index is -1.52. The van der Waals surface area contributed by atoms with E-state index in [0.717, 1.165) is 0 Å². The Morgan fingerprint density at radius 3 is 2.11 bits per heavy atom. The summed E-state index contributed by atoms with van der Waals surface area (Å²) in [7, 11) is 0. The van der Waals surface area contributed by atoms with Crippen LogP contribution in [0.4, 0.5) is 0 Å². The van der Waals surface area contributed by atoms with Crippen LogP contribution < -0.4 is 0 Å². The molecule has 2 saturated heterocycles. The molecule has 112 valence electrons. The van der Waals surface area contributed by atoms with Crippen LogP contribution >= 0.6 is 0 Å². The Labute approximate surface area is 108 Å². The quantitative estimate of drug-likeness (QED) is 0.303. The number of aliphatic hydroxyl groups excluding tert-OH is 6. The molecule has 2 aliphatic heterocycles. The predicted molar refractivity (Wildman–Crippen MR) is 56.6 cm³/mol. The molecule has 0 amide bonds. The highest BCUT2D eigenvalue weighted by atomic mass is 16.8. The maximum absolute atomic E-state index is 9.63. The summed E-state index contributed by atoms with van der Waals surface area (Å²) in [6.07, 6.45) is -10.6. The lowest BCUT2D eigenvalue weighted by Gasteiger charge is -2.36. The molecular formula is C10H18O9. The Bertz CT molecular complexity index is 301. The molecule has 0 aromatic carbocycles. The Morgan fingerprint density at radius 2 is 1.53 bits per heavy atom. The fraction of sp³-hybridized carbons (Fsp3) is 1.00. The molecule has 0 aliphatic carbocycles. The smallest absolute Gasteiger partial charge is 0.189 e. The molecule has 8 atom stereocenters. The molecule has 0 aromatic heterocycles. The van der Waals surface area contributed by atoms with Crippen LogP contribution in [0.2, 0.25) is 0 Å². The Morgan fingerprint density at radius 1 is 0.895 bits per heavy atom. The number of hydrogen-bond donors (Lipinski definition) is 6. The second kappa shape index (κ2) is 5.95. The van der Waals surface area contributed by atoms with Gasteiger partial charge in [-0.1, -0.05) is 0 Å². The molecule has 2 aliphatic rings. The van der Waals surface area contributed by atoms with Gasteiger partial charge in [0.2, 0.25) is 0 Å². The first-order valence-electron chi connectivity index (χ1n) is 5.89. The lowest BCUT2D eigenvalue weighted by Crippen LogP contribution is -2.55. The van der Waals surface area contributed by atoms with Gasteiger partial charge in [-0.05, 0) is 0 Å². The van der Waals surface area contributed by atoms with Gasteiger partial charge >= 0.3 is 0 Å². The normalized spacial score (nSPS) is 51.5. The summed E-state index contributed by atoms with van der Waals surface area (Å²) < 4.78 is 15.1. The lowest BCUT2D eigenvalue weighted by atomic mass is 10.1. The van der Waals surface area contributed by atoms with E-state index in [9.17, 15) is 25.5 Å². The molecule has 0 aromatic rings. The van der Waals surface area contributed by atoms with Crippen molar-refractivity contribution < 1.29 is 44.8 Å². The van der Waals surface area contributed by atoms with E-state index in [1.54, 1.807) is 0 Å². The summed E-state index contributed by atoms with van der Waals surface area (Å²) in [4.78, 5) is 0. The zero-order valence-corrected chi connectivity index (χ0v) is 9.94. The third-order valence-corrected chi connectivity index (χ3v) is 3.22. The number of aliphatic hydroxyl groups is 6. The van der Waals surface area contributed by atoms with Crippen molar-refractivity contribution in [2.45, 2.75) is 49.2 Å². The molecule has 9 nitrogen and oxygen atoms in total. The van der Waals surface area contributed by atoms with Crippen molar-refractivity contribution >= 4 is 0 Å². The summed E-state index contributed by atoms with van der Waals surface area (Å²) in [6, 6.07) is 0. The van der Waals surface area contributed by atoms with Crippen LogP contribution in [0.25, 0.3) is 0 Å². The van der Waals surface area contributed by atoms with E-state index < -0.39 is 55.8 Å². The molecule has 0 radical (unpaired) electrons. The SMILES string of the molecule is OC[C@@H]1O[C@@H](O[C@@H]2OC[C@H](O)[C@H](O)[C@H]2O)[C@H](O)[C@H]1O. The van der Waals surface area contributed by atoms with Crippen molar-refractivity contribution in [1.82, 2.24) is 0 Å². The van der Waals surface area contributed by atoms with Crippen LogP contribution in [0, 0.1) is 0 Å². The summed E-state index contributed by atoms with van der Waals surface area (Å²) in [5.41, 5.74) is 0. The van der Waals surface area contributed by atoms with Crippen molar-refractivity contribution in [3.63, 3.8) is 0 Å². The van der Waals surface area contributed by atoms with Gasteiger partial charge in [-0.25, -0.2) is 0 Å². The Balaban J connectivity index is 1.94. The van der Waals surface area contributed by atoms with Crippen LogP contribution in [-0.4, -0.2) is 93.1 Å². The Kier molecular flexibility index (Phi) is 4.71. The van der Waals surface area contributed by atoms with Crippen LogP contribution in [0.3, 0.4) is 0 Å². The summed E-state index contributed by atoms with van der Waals surface area (Å²) in [6.45, 7) is -0.759. The molecule has 9 heteroatoms. The van der Waals surface area contributed by atoms with Crippen LogP contribution in [0.5, 0.6) is 0 Å². The monoisotopic (exact) mass is 282 g/mol. The maximum atomic E-state index is 9.63. The van der Waals surface area contributed by atoms with Gasteiger partial charge < -0.3 is 44.8 Å². The topological polar surface area (TPSA) is 149 Å². The van der Waals surface area contributed by atoms with Gasteiger partial charge in [0.05, 0.1) is 13.2 Å². The first-order chi connectivity index (χ1) is 8.95.